The number of pyridine rings is 1. The number of aromatic nitrogens is 2. The maximum Gasteiger partial charge on any atom is 0.145 e. The van der Waals surface area contributed by atoms with Gasteiger partial charge in [0.05, 0.1) is 5.52 Å². The molecular formula is C17H11FN2. The summed E-state index contributed by atoms with van der Waals surface area (Å²) in [4.78, 5) is 4.46. The van der Waals surface area contributed by atoms with Gasteiger partial charge < -0.3 is 0 Å². The number of nitrogens with zero attached hydrogens (tertiary/aromatic N) is 2. The van der Waals surface area contributed by atoms with Crippen LogP contribution in [-0.4, -0.2) is 9.55 Å². The zero-order valence-corrected chi connectivity index (χ0v) is 10.6. The van der Waals surface area contributed by atoms with E-state index in [4.69, 9.17) is 0 Å². The molecule has 96 valence electrons. The molecule has 0 atom stereocenters. The van der Waals surface area contributed by atoms with Crippen molar-refractivity contribution in [3.05, 3.63) is 72.7 Å². The first-order chi connectivity index (χ1) is 9.84. The minimum atomic E-state index is -0.228. The summed E-state index contributed by atoms with van der Waals surface area (Å²) >= 11 is 0. The van der Waals surface area contributed by atoms with Gasteiger partial charge in [0.25, 0.3) is 0 Å². The van der Waals surface area contributed by atoms with Gasteiger partial charge in [0.15, 0.2) is 0 Å². The zero-order chi connectivity index (χ0) is 13.5. The average Bonchev–Trinajstić information content (AvgIpc) is 2.82. The Hall–Kier alpha value is -2.68. The average molecular weight is 262 g/mol. The molecule has 0 fully saturated rings. The van der Waals surface area contributed by atoms with Crippen LogP contribution < -0.4 is 0 Å². The van der Waals surface area contributed by atoms with Crippen LogP contribution in [0, 0.1) is 5.82 Å². The lowest BCUT2D eigenvalue weighted by Gasteiger charge is -2.06. The molecule has 0 radical (unpaired) electrons. The van der Waals surface area contributed by atoms with Gasteiger partial charge in [-0.25, -0.2) is 9.37 Å². The molecule has 0 bridgehead atoms. The highest BCUT2D eigenvalue weighted by Crippen LogP contribution is 2.30. The fourth-order valence-electron chi connectivity index (χ4n) is 2.66. The van der Waals surface area contributed by atoms with Crippen LogP contribution in [0.3, 0.4) is 0 Å². The molecule has 0 aliphatic heterocycles. The predicted molar refractivity (Wildman–Crippen MR) is 78.5 cm³/mol. The van der Waals surface area contributed by atoms with E-state index in [0.717, 1.165) is 27.6 Å². The smallest absolute Gasteiger partial charge is 0.145 e. The van der Waals surface area contributed by atoms with Crippen molar-refractivity contribution >= 4 is 21.9 Å². The van der Waals surface area contributed by atoms with Crippen LogP contribution in [0.15, 0.2) is 66.9 Å². The first-order valence-corrected chi connectivity index (χ1v) is 6.45. The predicted octanol–water partition coefficient (Wildman–Crippen LogP) is 4.32. The largest absolute Gasteiger partial charge is 0.294 e. The molecule has 0 N–H and O–H groups in total. The van der Waals surface area contributed by atoms with Crippen molar-refractivity contribution in [3.63, 3.8) is 0 Å². The summed E-state index contributed by atoms with van der Waals surface area (Å²) in [6.07, 6.45) is 1.76. The lowest BCUT2D eigenvalue weighted by Crippen LogP contribution is -1.94. The Morgan fingerprint density at radius 1 is 0.850 bits per heavy atom. The van der Waals surface area contributed by atoms with Gasteiger partial charge in [-0.1, -0.05) is 18.2 Å². The maximum absolute atomic E-state index is 13.5. The molecule has 0 saturated heterocycles. The van der Waals surface area contributed by atoms with E-state index in [0.29, 0.717) is 0 Å². The van der Waals surface area contributed by atoms with E-state index in [1.54, 1.807) is 18.3 Å². The standard InChI is InChI=1S/C17H11FN2/c18-12-8-9-16-15(11-12)14-7-4-10-19-17(14)20(16)13-5-2-1-3-6-13/h1-11H. The van der Waals surface area contributed by atoms with Gasteiger partial charge in [-0.15, -0.1) is 0 Å². The summed E-state index contributed by atoms with van der Waals surface area (Å²) in [7, 11) is 0. The van der Waals surface area contributed by atoms with Gasteiger partial charge in [-0.05, 0) is 42.5 Å². The first-order valence-electron chi connectivity index (χ1n) is 6.45. The van der Waals surface area contributed by atoms with Crippen LogP contribution in [0.2, 0.25) is 0 Å². The van der Waals surface area contributed by atoms with Crippen molar-refractivity contribution in [2.24, 2.45) is 0 Å². The van der Waals surface area contributed by atoms with Gasteiger partial charge in [0.2, 0.25) is 0 Å². The highest BCUT2D eigenvalue weighted by molar-refractivity contribution is 6.07. The highest BCUT2D eigenvalue weighted by Gasteiger charge is 2.12. The molecule has 0 aliphatic carbocycles. The third-order valence-electron chi connectivity index (χ3n) is 3.50. The Morgan fingerprint density at radius 2 is 1.70 bits per heavy atom. The van der Waals surface area contributed by atoms with E-state index in [-0.39, 0.29) is 5.82 Å². The summed E-state index contributed by atoms with van der Waals surface area (Å²) in [5.74, 6) is -0.228. The molecule has 2 aromatic carbocycles. The van der Waals surface area contributed by atoms with Gasteiger partial charge in [0.1, 0.15) is 11.5 Å². The lowest BCUT2D eigenvalue weighted by atomic mass is 10.2. The van der Waals surface area contributed by atoms with Crippen molar-refractivity contribution in [1.29, 1.82) is 0 Å². The van der Waals surface area contributed by atoms with Crippen LogP contribution >= 0.6 is 0 Å². The SMILES string of the molecule is Fc1ccc2c(c1)c1cccnc1n2-c1ccccc1. The molecule has 20 heavy (non-hydrogen) atoms. The minimum absolute atomic E-state index is 0.228. The third-order valence-corrected chi connectivity index (χ3v) is 3.50. The maximum atomic E-state index is 13.5. The monoisotopic (exact) mass is 262 g/mol. The number of fused-ring (bicyclic) bond motifs is 3. The zero-order valence-electron chi connectivity index (χ0n) is 10.6. The number of para-hydroxylation sites is 1. The molecule has 0 amide bonds. The van der Waals surface area contributed by atoms with Gasteiger partial charge in [0, 0.05) is 22.7 Å². The molecule has 2 nitrogen and oxygen atoms in total. The lowest BCUT2D eigenvalue weighted by molar-refractivity contribution is 0.629. The van der Waals surface area contributed by atoms with Gasteiger partial charge >= 0.3 is 0 Å². The van der Waals surface area contributed by atoms with E-state index in [2.05, 4.69) is 9.55 Å². The van der Waals surface area contributed by atoms with Gasteiger partial charge in [-0.3, -0.25) is 4.57 Å². The van der Waals surface area contributed by atoms with E-state index < -0.39 is 0 Å². The number of benzene rings is 2. The molecule has 0 aliphatic rings. The topological polar surface area (TPSA) is 17.8 Å². The summed E-state index contributed by atoms with van der Waals surface area (Å²) < 4.78 is 15.6. The van der Waals surface area contributed by atoms with Gasteiger partial charge in [-0.2, -0.15) is 0 Å². The van der Waals surface area contributed by atoms with Crippen molar-refractivity contribution in [2.75, 3.05) is 0 Å². The first kappa shape index (κ1) is 11.2. The fraction of sp³-hybridized carbons (Fsp3) is 0. The van der Waals surface area contributed by atoms with E-state index in [1.165, 1.54) is 6.07 Å². The minimum Gasteiger partial charge on any atom is -0.294 e. The molecule has 0 saturated carbocycles. The van der Waals surface area contributed by atoms with Crippen molar-refractivity contribution in [3.8, 4) is 5.69 Å². The Bertz CT molecular complexity index is 910. The van der Waals surface area contributed by atoms with E-state index in [9.17, 15) is 4.39 Å². The van der Waals surface area contributed by atoms with Crippen LogP contribution in [0.4, 0.5) is 4.39 Å². The molecule has 0 unspecified atom stereocenters. The van der Waals surface area contributed by atoms with Crippen LogP contribution in [0.5, 0.6) is 0 Å². The summed E-state index contributed by atoms with van der Waals surface area (Å²) in [5, 5.41) is 1.85. The van der Waals surface area contributed by atoms with Crippen LogP contribution in [0.1, 0.15) is 0 Å². The molecular weight excluding hydrogens is 251 g/mol. The second-order valence-electron chi connectivity index (χ2n) is 4.71. The van der Waals surface area contributed by atoms with Crippen molar-refractivity contribution in [2.45, 2.75) is 0 Å². The van der Waals surface area contributed by atoms with E-state index >= 15 is 0 Å². The molecule has 3 heteroatoms. The summed E-state index contributed by atoms with van der Waals surface area (Å²) in [5.41, 5.74) is 2.84. The molecule has 4 aromatic rings. The summed E-state index contributed by atoms with van der Waals surface area (Å²) in [6, 6.07) is 18.7. The van der Waals surface area contributed by atoms with Crippen molar-refractivity contribution < 1.29 is 4.39 Å². The highest BCUT2D eigenvalue weighted by atomic mass is 19.1. The normalized spacial score (nSPS) is 11.2. The van der Waals surface area contributed by atoms with E-state index in [1.807, 2.05) is 42.5 Å². The number of halogens is 1. The Balaban J connectivity index is 2.22. The Labute approximate surface area is 115 Å². The quantitative estimate of drug-likeness (QED) is 0.499. The number of rotatable bonds is 1. The number of hydrogen-bond acceptors (Lipinski definition) is 1. The Kier molecular flexibility index (Phi) is 2.33. The second-order valence-corrected chi connectivity index (χ2v) is 4.71. The molecule has 2 heterocycles. The van der Waals surface area contributed by atoms with Crippen LogP contribution in [0.25, 0.3) is 27.6 Å². The fourth-order valence-corrected chi connectivity index (χ4v) is 2.66. The molecule has 2 aromatic heterocycles. The third kappa shape index (κ3) is 1.53. The Morgan fingerprint density at radius 3 is 2.55 bits per heavy atom. The second kappa shape index (κ2) is 4.17. The number of hydrogen-bond donors (Lipinski definition) is 0. The summed E-state index contributed by atoms with van der Waals surface area (Å²) in [6.45, 7) is 0. The van der Waals surface area contributed by atoms with Crippen LogP contribution in [-0.2, 0) is 0 Å². The molecule has 0 spiro atoms. The molecule has 4 rings (SSSR count). The van der Waals surface area contributed by atoms with Crippen molar-refractivity contribution in [1.82, 2.24) is 9.55 Å².